The summed E-state index contributed by atoms with van der Waals surface area (Å²) in [5.74, 6) is 0.782. The fourth-order valence-electron chi connectivity index (χ4n) is 3.05. The lowest BCUT2D eigenvalue weighted by molar-refractivity contribution is -0.126. The molecular weight excluding hydrogens is 296 g/mol. The Morgan fingerprint density at radius 1 is 1.14 bits per heavy atom. The zero-order valence-corrected chi connectivity index (χ0v) is 14.7. The van der Waals surface area contributed by atoms with E-state index in [0.717, 1.165) is 31.2 Å². The SMILES string of the molecule is CC(C)c1ccc(C(C)NC(=O)C2CCCC(N)C2)cc1.Cl. The molecule has 1 aromatic carbocycles. The van der Waals surface area contributed by atoms with Crippen molar-refractivity contribution < 1.29 is 4.79 Å². The van der Waals surface area contributed by atoms with Crippen molar-refractivity contribution in [2.24, 2.45) is 11.7 Å². The van der Waals surface area contributed by atoms with Crippen LogP contribution in [0, 0.1) is 5.92 Å². The normalized spacial score (nSPS) is 22.8. The van der Waals surface area contributed by atoms with Crippen molar-refractivity contribution in [3.05, 3.63) is 35.4 Å². The van der Waals surface area contributed by atoms with E-state index in [2.05, 4.69) is 43.4 Å². The molecule has 1 saturated carbocycles. The van der Waals surface area contributed by atoms with Gasteiger partial charge >= 0.3 is 0 Å². The van der Waals surface area contributed by atoms with Gasteiger partial charge in [0, 0.05) is 12.0 Å². The molecule has 1 aliphatic carbocycles. The zero-order valence-electron chi connectivity index (χ0n) is 13.8. The third kappa shape index (κ3) is 4.99. The highest BCUT2D eigenvalue weighted by Gasteiger charge is 2.26. The zero-order chi connectivity index (χ0) is 15.4. The summed E-state index contributed by atoms with van der Waals surface area (Å²) in [6.07, 6.45) is 3.91. The fourth-order valence-corrected chi connectivity index (χ4v) is 3.05. The maximum absolute atomic E-state index is 12.3. The Bertz CT molecular complexity index is 472. The molecule has 3 unspecified atom stereocenters. The second kappa shape index (κ2) is 8.54. The van der Waals surface area contributed by atoms with Crippen molar-refractivity contribution in [1.29, 1.82) is 0 Å². The molecule has 1 aliphatic rings. The fraction of sp³-hybridized carbons (Fsp3) is 0.611. The van der Waals surface area contributed by atoms with Gasteiger partial charge in [0.25, 0.3) is 0 Å². The highest BCUT2D eigenvalue weighted by Crippen LogP contribution is 2.24. The molecule has 0 spiro atoms. The number of nitrogens with one attached hydrogen (secondary N) is 1. The van der Waals surface area contributed by atoms with E-state index in [1.54, 1.807) is 0 Å². The Labute approximate surface area is 140 Å². The van der Waals surface area contributed by atoms with E-state index in [-0.39, 0.29) is 36.3 Å². The summed E-state index contributed by atoms with van der Waals surface area (Å²) in [5.41, 5.74) is 8.46. The first-order valence-electron chi connectivity index (χ1n) is 8.13. The topological polar surface area (TPSA) is 55.1 Å². The number of hydrogen-bond donors (Lipinski definition) is 2. The predicted molar refractivity (Wildman–Crippen MR) is 94.3 cm³/mol. The average Bonchev–Trinajstić information content (AvgIpc) is 2.47. The molecule has 3 atom stereocenters. The second-order valence-corrected chi connectivity index (χ2v) is 6.68. The Morgan fingerprint density at radius 2 is 1.73 bits per heavy atom. The van der Waals surface area contributed by atoms with E-state index < -0.39 is 0 Å². The van der Waals surface area contributed by atoms with Gasteiger partial charge in [-0.25, -0.2) is 0 Å². The van der Waals surface area contributed by atoms with Crippen LogP contribution in [0.25, 0.3) is 0 Å². The summed E-state index contributed by atoms with van der Waals surface area (Å²) in [6.45, 7) is 6.42. The molecule has 124 valence electrons. The van der Waals surface area contributed by atoms with Gasteiger partial charge in [-0.05, 0) is 43.2 Å². The third-order valence-corrected chi connectivity index (χ3v) is 4.55. The number of hydrogen-bond acceptors (Lipinski definition) is 2. The molecule has 2 rings (SSSR count). The van der Waals surface area contributed by atoms with Gasteiger partial charge in [-0.1, -0.05) is 44.5 Å². The number of carbonyl (C=O) groups excluding carboxylic acids is 1. The summed E-state index contributed by atoms with van der Waals surface area (Å²) in [6, 6.07) is 8.78. The minimum Gasteiger partial charge on any atom is -0.349 e. The molecule has 22 heavy (non-hydrogen) atoms. The van der Waals surface area contributed by atoms with Crippen molar-refractivity contribution in [3.8, 4) is 0 Å². The molecule has 0 radical (unpaired) electrons. The maximum Gasteiger partial charge on any atom is 0.223 e. The van der Waals surface area contributed by atoms with Crippen LogP contribution in [0.3, 0.4) is 0 Å². The minimum atomic E-state index is 0. The first kappa shape index (κ1) is 19.0. The standard InChI is InChI=1S/C18H28N2O.ClH/c1-12(2)14-7-9-15(10-8-14)13(3)20-18(21)16-5-4-6-17(19)11-16;/h7-10,12-13,16-17H,4-6,11,19H2,1-3H3,(H,20,21);1H. The lowest BCUT2D eigenvalue weighted by Crippen LogP contribution is -2.38. The smallest absolute Gasteiger partial charge is 0.223 e. The third-order valence-electron chi connectivity index (χ3n) is 4.55. The first-order chi connectivity index (χ1) is 9.97. The van der Waals surface area contributed by atoms with Gasteiger partial charge in [-0.3, -0.25) is 4.79 Å². The van der Waals surface area contributed by atoms with Crippen LogP contribution in [0.1, 0.15) is 69.5 Å². The van der Waals surface area contributed by atoms with Gasteiger partial charge in [0.2, 0.25) is 5.91 Å². The van der Waals surface area contributed by atoms with Crippen molar-refractivity contribution in [1.82, 2.24) is 5.32 Å². The second-order valence-electron chi connectivity index (χ2n) is 6.68. The van der Waals surface area contributed by atoms with Crippen LogP contribution in [0.15, 0.2) is 24.3 Å². The van der Waals surface area contributed by atoms with Gasteiger partial charge in [0.15, 0.2) is 0 Å². The molecule has 0 heterocycles. The molecule has 1 fully saturated rings. The molecule has 1 aromatic rings. The van der Waals surface area contributed by atoms with Gasteiger partial charge in [0.05, 0.1) is 6.04 Å². The summed E-state index contributed by atoms with van der Waals surface area (Å²) >= 11 is 0. The van der Waals surface area contributed by atoms with Crippen LogP contribution in [0.5, 0.6) is 0 Å². The highest BCUT2D eigenvalue weighted by atomic mass is 35.5. The molecule has 3 nitrogen and oxygen atoms in total. The van der Waals surface area contributed by atoms with Crippen molar-refractivity contribution in [3.63, 3.8) is 0 Å². The van der Waals surface area contributed by atoms with E-state index in [1.165, 1.54) is 5.56 Å². The Kier molecular flexibility index (Phi) is 7.37. The van der Waals surface area contributed by atoms with Crippen LogP contribution in [0.4, 0.5) is 0 Å². The number of amides is 1. The molecule has 3 N–H and O–H groups in total. The van der Waals surface area contributed by atoms with Crippen molar-refractivity contribution in [2.75, 3.05) is 0 Å². The van der Waals surface area contributed by atoms with E-state index in [1.807, 2.05) is 6.92 Å². The quantitative estimate of drug-likeness (QED) is 0.881. The van der Waals surface area contributed by atoms with E-state index in [0.29, 0.717) is 5.92 Å². The first-order valence-corrected chi connectivity index (χ1v) is 8.13. The number of halogens is 1. The Balaban J connectivity index is 0.00000242. The average molecular weight is 325 g/mol. The van der Waals surface area contributed by atoms with Gasteiger partial charge < -0.3 is 11.1 Å². The number of benzene rings is 1. The van der Waals surface area contributed by atoms with Crippen LogP contribution in [-0.4, -0.2) is 11.9 Å². The molecule has 0 aromatic heterocycles. The Morgan fingerprint density at radius 3 is 2.27 bits per heavy atom. The molecular formula is C18H29ClN2O. The summed E-state index contributed by atoms with van der Waals surface area (Å²) in [4.78, 5) is 12.3. The predicted octanol–water partition coefficient (Wildman–Crippen LogP) is 3.93. The van der Waals surface area contributed by atoms with Crippen molar-refractivity contribution >= 4 is 18.3 Å². The molecule has 4 heteroatoms. The Hall–Kier alpha value is -1.06. The minimum absolute atomic E-state index is 0. The number of rotatable bonds is 4. The lowest BCUT2D eigenvalue weighted by Gasteiger charge is -2.27. The summed E-state index contributed by atoms with van der Waals surface area (Å²) < 4.78 is 0. The number of carbonyl (C=O) groups is 1. The van der Waals surface area contributed by atoms with Gasteiger partial charge in [-0.15, -0.1) is 12.4 Å². The summed E-state index contributed by atoms with van der Waals surface area (Å²) in [7, 11) is 0. The van der Waals surface area contributed by atoms with E-state index in [9.17, 15) is 4.79 Å². The van der Waals surface area contributed by atoms with Crippen LogP contribution >= 0.6 is 12.4 Å². The van der Waals surface area contributed by atoms with Crippen LogP contribution in [-0.2, 0) is 4.79 Å². The lowest BCUT2D eigenvalue weighted by atomic mass is 9.85. The van der Waals surface area contributed by atoms with E-state index >= 15 is 0 Å². The largest absolute Gasteiger partial charge is 0.349 e. The molecule has 0 saturated heterocycles. The maximum atomic E-state index is 12.3. The van der Waals surface area contributed by atoms with Gasteiger partial charge in [0.1, 0.15) is 0 Å². The molecule has 0 aliphatic heterocycles. The van der Waals surface area contributed by atoms with Gasteiger partial charge in [-0.2, -0.15) is 0 Å². The molecule has 1 amide bonds. The summed E-state index contributed by atoms with van der Waals surface area (Å²) in [5, 5.41) is 3.14. The molecule has 0 bridgehead atoms. The van der Waals surface area contributed by atoms with Crippen LogP contribution in [0.2, 0.25) is 0 Å². The van der Waals surface area contributed by atoms with Crippen molar-refractivity contribution in [2.45, 2.75) is 64.5 Å². The monoisotopic (exact) mass is 324 g/mol. The highest BCUT2D eigenvalue weighted by molar-refractivity contribution is 5.85. The van der Waals surface area contributed by atoms with E-state index in [4.69, 9.17) is 5.73 Å². The van der Waals surface area contributed by atoms with Crippen LogP contribution < -0.4 is 11.1 Å². The number of nitrogens with two attached hydrogens (primary N) is 1.